The Hall–Kier alpha value is -2.10. The van der Waals surface area contributed by atoms with Crippen molar-refractivity contribution in [1.82, 2.24) is 15.5 Å². The van der Waals surface area contributed by atoms with Crippen molar-refractivity contribution in [2.45, 2.75) is 77.6 Å². The summed E-state index contributed by atoms with van der Waals surface area (Å²) in [4.78, 5) is 61.3. The van der Waals surface area contributed by atoms with Gasteiger partial charge in [-0.15, -0.1) is 0 Å². The molecule has 1 aliphatic heterocycles. The lowest BCUT2D eigenvalue weighted by atomic mass is 9.86. The number of thiol groups is 1. The van der Waals surface area contributed by atoms with Crippen molar-refractivity contribution in [1.29, 1.82) is 0 Å². The molecule has 0 spiro atoms. The summed E-state index contributed by atoms with van der Waals surface area (Å²) in [5.41, 5.74) is -0.714. The molecule has 1 rings (SSSR count). The average Bonchev–Trinajstić information content (AvgIpc) is 2.92. The second-order valence-electron chi connectivity index (χ2n) is 9.08. The minimum atomic E-state index is -1.16. The SMILES string of the molecule is CC(C)CC(NC(=O)C(S)CCN1C(=O)CCC1=O)C(=O)N[C@H](C(=O)O)C(C)(C)C. The van der Waals surface area contributed by atoms with E-state index in [1.165, 1.54) is 0 Å². The third kappa shape index (κ3) is 7.62. The molecular weight excluding hydrogens is 410 g/mol. The van der Waals surface area contributed by atoms with E-state index in [4.69, 9.17) is 0 Å². The Balaban J connectivity index is 2.76. The van der Waals surface area contributed by atoms with Crippen LogP contribution in [-0.2, 0) is 24.0 Å². The van der Waals surface area contributed by atoms with E-state index in [2.05, 4.69) is 23.3 Å². The zero-order chi connectivity index (χ0) is 23.2. The van der Waals surface area contributed by atoms with Crippen LogP contribution in [0.25, 0.3) is 0 Å². The molecule has 1 aliphatic rings. The van der Waals surface area contributed by atoms with Crippen molar-refractivity contribution in [3.05, 3.63) is 0 Å². The molecule has 3 atom stereocenters. The van der Waals surface area contributed by atoms with Crippen LogP contribution < -0.4 is 10.6 Å². The minimum absolute atomic E-state index is 0.0668. The van der Waals surface area contributed by atoms with Gasteiger partial charge >= 0.3 is 5.97 Å². The molecule has 0 aromatic rings. The van der Waals surface area contributed by atoms with Crippen LogP contribution >= 0.6 is 12.6 Å². The molecule has 1 fully saturated rings. The zero-order valence-corrected chi connectivity index (χ0v) is 19.1. The first-order valence-electron chi connectivity index (χ1n) is 10.1. The number of nitrogens with one attached hydrogen (secondary N) is 2. The van der Waals surface area contributed by atoms with Crippen LogP contribution in [0.5, 0.6) is 0 Å². The van der Waals surface area contributed by atoms with Gasteiger partial charge in [-0.05, 0) is 24.2 Å². The van der Waals surface area contributed by atoms with E-state index >= 15 is 0 Å². The summed E-state index contributed by atoms with van der Waals surface area (Å²) in [6.07, 6.45) is 0.828. The summed E-state index contributed by atoms with van der Waals surface area (Å²) >= 11 is 4.25. The monoisotopic (exact) mass is 443 g/mol. The highest BCUT2D eigenvalue weighted by atomic mass is 32.1. The third-order valence-corrected chi connectivity index (χ3v) is 5.32. The highest BCUT2D eigenvalue weighted by Crippen LogP contribution is 2.20. The second-order valence-corrected chi connectivity index (χ2v) is 9.70. The molecule has 2 unspecified atom stereocenters. The summed E-state index contributed by atoms with van der Waals surface area (Å²) in [6, 6.07) is -2.04. The number of carboxylic acid groups (broad SMARTS) is 1. The maximum Gasteiger partial charge on any atom is 0.326 e. The van der Waals surface area contributed by atoms with E-state index in [1.807, 2.05) is 13.8 Å². The van der Waals surface area contributed by atoms with Gasteiger partial charge in [-0.25, -0.2) is 4.79 Å². The molecule has 1 saturated heterocycles. The van der Waals surface area contributed by atoms with Crippen LogP contribution in [0.2, 0.25) is 0 Å². The number of carbonyl (C=O) groups excluding carboxylic acids is 4. The molecule has 0 radical (unpaired) electrons. The first kappa shape index (κ1) is 25.9. The van der Waals surface area contributed by atoms with Gasteiger partial charge in [-0.3, -0.25) is 24.1 Å². The molecule has 0 aromatic heterocycles. The van der Waals surface area contributed by atoms with E-state index in [1.54, 1.807) is 20.8 Å². The quantitative estimate of drug-likeness (QED) is 0.294. The lowest BCUT2D eigenvalue weighted by Crippen LogP contribution is -2.56. The number of amides is 4. The van der Waals surface area contributed by atoms with Gasteiger partial charge in [0.05, 0.1) is 5.25 Å². The van der Waals surface area contributed by atoms with E-state index in [9.17, 15) is 29.1 Å². The fourth-order valence-corrected chi connectivity index (χ4v) is 3.31. The molecule has 30 heavy (non-hydrogen) atoms. The molecule has 0 saturated carbocycles. The van der Waals surface area contributed by atoms with Crippen LogP contribution in [-0.4, -0.2) is 63.5 Å². The van der Waals surface area contributed by atoms with Crippen molar-refractivity contribution in [3.63, 3.8) is 0 Å². The van der Waals surface area contributed by atoms with E-state index in [-0.39, 0.29) is 43.5 Å². The Morgan fingerprint density at radius 3 is 2.03 bits per heavy atom. The Morgan fingerprint density at radius 2 is 1.60 bits per heavy atom. The van der Waals surface area contributed by atoms with E-state index in [0.717, 1.165) is 4.90 Å². The van der Waals surface area contributed by atoms with Crippen LogP contribution in [0.3, 0.4) is 0 Å². The van der Waals surface area contributed by atoms with Gasteiger partial charge in [-0.1, -0.05) is 34.6 Å². The summed E-state index contributed by atoms with van der Waals surface area (Å²) < 4.78 is 0. The molecule has 0 aromatic carbocycles. The molecule has 0 aliphatic carbocycles. The maximum atomic E-state index is 12.7. The number of rotatable bonds is 10. The molecule has 4 amide bonds. The molecule has 0 bridgehead atoms. The highest BCUT2D eigenvalue weighted by Gasteiger charge is 2.35. The topological polar surface area (TPSA) is 133 Å². The Labute approximate surface area is 182 Å². The van der Waals surface area contributed by atoms with Gasteiger partial charge in [0, 0.05) is 19.4 Å². The second kappa shape index (κ2) is 10.8. The number of carbonyl (C=O) groups is 5. The van der Waals surface area contributed by atoms with Crippen molar-refractivity contribution in [2.24, 2.45) is 11.3 Å². The molecule has 3 N–H and O–H groups in total. The van der Waals surface area contributed by atoms with Gasteiger partial charge in [0.2, 0.25) is 23.6 Å². The Bertz CT molecular complexity index is 673. The lowest BCUT2D eigenvalue weighted by molar-refractivity contribution is -0.145. The largest absolute Gasteiger partial charge is 0.480 e. The van der Waals surface area contributed by atoms with Crippen molar-refractivity contribution < 1.29 is 29.1 Å². The van der Waals surface area contributed by atoms with Gasteiger partial charge in [-0.2, -0.15) is 12.6 Å². The fraction of sp³-hybridized carbons (Fsp3) is 0.750. The van der Waals surface area contributed by atoms with Crippen LogP contribution in [0, 0.1) is 11.3 Å². The number of hydrogen-bond acceptors (Lipinski definition) is 6. The fourth-order valence-electron chi connectivity index (χ4n) is 3.12. The van der Waals surface area contributed by atoms with Gasteiger partial charge in [0.25, 0.3) is 0 Å². The molecule has 170 valence electrons. The van der Waals surface area contributed by atoms with Crippen LogP contribution in [0.4, 0.5) is 0 Å². The molecule has 9 nitrogen and oxygen atoms in total. The molecular formula is C20H33N3O6S. The smallest absolute Gasteiger partial charge is 0.326 e. The third-order valence-electron chi connectivity index (χ3n) is 4.82. The summed E-state index contributed by atoms with van der Waals surface area (Å²) in [7, 11) is 0. The van der Waals surface area contributed by atoms with Gasteiger partial charge in [0.1, 0.15) is 12.1 Å². The van der Waals surface area contributed by atoms with Crippen molar-refractivity contribution >= 4 is 42.2 Å². The Kier molecular flexibility index (Phi) is 9.33. The first-order chi connectivity index (χ1) is 13.7. The predicted octanol–water partition coefficient (Wildman–Crippen LogP) is 0.970. The van der Waals surface area contributed by atoms with Crippen LogP contribution in [0.1, 0.15) is 60.3 Å². The molecule has 1 heterocycles. The summed E-state index contributed by atoms with van der Waals surface area (Å²) in [5, 5.41) is 13.8. The normalized spacial score (nSPS) is 17.6. The maximum absolute atomic E-state index is 12.7. The average molecular weight is 444 g/mol. The number of likely N-dealkylation sites (tertiary alicyclic amines) is 1. The summed E-state index contributed by atoms with van der Waals surface area (Å²) in [5.74, 6) is -2.71. The highest BCUT2D eigenvalue weighted by molar-refractivity contribution is 7.81. The number of nitrogens with zero attached hydrogens (tertiary/aromatic N) is 1. The van der Waals surface area contributed by atoms with Gasteiger partial charge < -0.3 is 15.7 Å². The van der Waals surface area contributed by atoms with Crippen molar-refractivity contribution in [2.75, 3.05) is 6.54 Å². The zero-order valence-electron chi connectivity index (χ0n) is 18.2. The van der Waals surface area contributed by atoms with Crippen molar-refractivity contribution in [3.8, 4) is 0 Å². The first-order valence-corrected chi connectivity index (χ1v) is 10.6. The molecule has 10 heteroatoms. The minimum Gasteiger partial charge on any atom is -0.480 e. The van der Waals surface area contributed by atoms with Crippen LogP contribution in [0.15, 0.2) is 0 Å². The number of hydrogen-bond donors (Lipinski definition) is 4. The summed E-state index contributed by atoms with van der Waals surface area (Å²) in [6.45, 7) is 8.96. The Morgan fingerprint density at radius 1 is 1.07 bits per heavy atom. The number of carboxylic acids is 1. The predicted molar refractivity (Wildman–Crippen MR) is 114 cm³/mol. The number of imide groups is 1. The van der Waals surface area contributed by atoms with E-state index in [0.29, 0.717) is 6.42 Å². The number of aliphatic carboxylic acids is 1. The lowest BCUT2D eigenvalue weighted by Gasteiger charge is -2.30. The van der Waals surface area contributed by atoms with E-state index < -0.39 is 40.5 Å². The van der Waals surface area contributed by atoms with Gasteiger partial charge in [0.15, 0.2) is 0 Å². The standard InChI is InChI=1S/C20H33N3O6S/c1-11(2)10-12(17(26)22-16(19(28)29)20(3,4)5)21-18(27)13(30)8-9-23-14(24)6-7-15(23)25/h11-13,16,30H,6-10H2,1-5H3,(H,21,27)(H,22,26)(H,28,29)/t12?,13?,16-/m1/s1.